The Morgan fingerprint density at radius 2 is 1.71 bits per heavy atom. The summed E-state index contributed by atoms with van der Waals surface area (Å²) in [6, 6.07) is 27.2. The van der Waals surface area contributed by atoms with Gasteiger partial charge < -0.3 is 24.1 Å². The highest BCUT2D eigenvalue weighted by molar-refractivity contribution is 7.91. The van der Waals surface area contributed by atoms with E-state index in [2.05, 4.69) is 20.9 Å². The summed E-state index contributed by atoms with van der Waals surface area (Å²) in [5.41, 5.74) is 15.3. The minimum Gasteiger partial charge on any atom is -0.497 e. The Labute approximate surface area is 301 Å². The van der Waals surface area contributed by atoms with Gasteiger partial charge in [0.05, 0.1) is 38.0 Å². The zero-order valence-electron chi connectivity index (χ0n) is 28.8. The third-order valence-corrected chi connectivity index (χ3v) is 10.2. The number of carbonyl (C=O) groups excluding carboxylic acids is 1. The van der Waals surface area contributed by atoms with E-state index in [9.17, 15) is 13.2 Å². The number of amides is 1. The summed E-state index contributed by atoms with van der Waals surface area (Å²) < 4.78 is 50.4. The molecule has 14 nitrogen and oxygen atoms in total. The van der Waals surface area contributed by atoms with Gasteiger partial charge >= 0.3 is 0 Å². The number of hydrogen-bond acceptors (Lipinski definition) is 11. The molecule has 0 radical (unpaired) electrons. The fraction of sp³-hybridized carbons (Fsp3) is 0.297. The number of benzene rings is 4. The van der Waals surface area contributed by atoms with Crippen LogP contribution < -0.4 is 25.1 Å². The molecule has 1 aliphatic heterocycles. The normalized spacial score (nSPS) is 16.6. The van der Waals surface area contributed by atoms with E-state index >= 15 is 0 Å². The molecule has 5 rings (SSSR count). The quantitative estimate of drug-likeness (QED) is 0.0405. The molecule has 4 aromatic rings. The first-order valence-corrected chi connectivity index (χ1v) is 18.1. The van der Waals surface area contributed by atoms with Crippen molar-refractivity contribution in [3.63, 3.8) is 0 Å². The van der Waals surface area contributed by atoms with Gasteiger partial charge in [-0.25, -0.2) is 18.8 Å². The minimum atomic E-state index is -3.88. The molecule has 0 saturated heterocycles. The molecule has 0 aliphatic carbocycles. The van der Waals surface area contributed by atoms with Crippen LogP contribution in [0.1, 0.15) is 41.2 Å². The first kappa shape index (κ1) is 37.7. The van der Waals surface area contributed by atoms with Gasteiger partial charge in [-0.2, -0.15) is 0 Å². The lowest BCUT2D eigenvalue weighted by Crippen LogP contribution is -2.53. The maximum atomic E-state index is 14.6. The topological polar surface area (TPSA) is 194 Å². The van der Waals surface area contributed by atoms with Crippen LogP contribution in [0.4, 0.5) is 0 Å². The lowest BCUT2D eigenvalue weighted by atomic mass is 9.83. The Balaban J connectivity index is 1.56. The Morgan fingerprint density at radius 3 is 2.42 bits per heavy atom. The van der Waals surface area contributed by atoms with Crippen LogP contribution in [0.3, 0.4) is 0 Å². The van der Waals surface area contributed by atoms with Gasteiger partial charge in [0, 0.05) is 48.1 Å². The predicted molar refractivity (Wildman–Crippen MR) is 194 cm³/mol. The highest BCUT2D eigenvalue weighted by Crippen LogP contribution is 2.44. The van der Waals surface area contributed by atoms with E-state index in [-0.39, 0.29) is 36.9 Å². The van der Waals surface area contributed by atoms with E-state index in [1.165, 1.54) is 19.2 Å². The summed E-state index contributed by atoms with van der Waals surface area (Å²) in [5, 5.41) is 12.9. The van der Waals surface area contributed by atoms with Crippen molar-refractivity contribution in [2.45, 2.75) is 42.5 Å². The summed E-state index contributed by atoms with van der Waals surface area (Å²) in [7, 11) is -0.810. The van der Waals surface area contributed by atoms with E-state index in [4.69, 9.17) is 34.6 Å². The maximum Gasteiger partial charge on any atom is 0.266 e. The van der Waals surface area contributed by atoms with Crippen LogP contribution in [0.25, 0.3) is 10.4 Å². The van der Waals surface area contributed by atoms with Crippen molar-refractivity contribution < 1.29 is 37.3 Å². The third-order valence-electron chi connectivity index (χ3n) is 8.50. The summed E-state index contributed by atoms with van der Waals surface area (Å²) in [6.45, 7) is 0.422. The second kappa shape index (κ2) is 17.6. The largest absolute Gasteiger partial charge is 0.497 e. The highest BCUT2D eigenvalue weighted by Gasteiger charge is 2.54. The Bertz CT molecular complexity index is 2020. The van der Waals surface area contributed by atoms with Crippen LogP contribution in [0.15, 0.2) is 112 Å². The summed E-state index contributed by atoms with van der Waals surface area (Å²) >= 11 is 0. The van der Waals surface area contributed by atoms with Crippen molar-refractivity contribution in [1.82, 2.24) is 10.9 Å². The van der Waals surface area contributed by atoms with E-state index in [1.807, 2.05) is 0 Å². The molecular weight excluding hydrogens is 689 g/mol. The van der Waals surface area contributed by atoms with Gasteiger partial charge in [0.2, 0.25) is 5.90 Å². The van der Waals surface area contributed by atoms with E-state index in [0.717, 1.165) is 0 Å². The van der Waals surface area contributed by atoms with Crippen LogP contribution in [0.2, 0.25) is 0 Å². The number of sulfone groups is 1. The highest BCUT2D eigenvalue weighted by atomic mass is 32.2. The van der Waals surface area contributed by atoms with Crippen LogP contribution in [0, 0.1) is 0 Å². The van der Waals surface area contributed by atoms with E-state index in [0.29, 0.717) is 52.5 Å². The van der Waals surface area contributed by atoms with Gasteiger partial charge in [-0.05, 0) is 59.1 Å². The van der Waals surface area contributed by atoms with Crippen molar-refractivity contribution in [1.29, 1.82) is 0 Å². The molecule has 15 heteroatoms. The molecule has 0 bridgehead atoms. The van der Waals surface area contributed by atoms with Crippen molar-refractivity contribution in [2.24, 2.45) is 10.1 Å². The molecule has 1 aliphatic rings. The number of aliphatic hydroxyl groups is 1. The van der Waals surface area contributed by atoms with Gasteiger partial charge in [-0.1, -0.05) is 53.6 Å². The lowest BCUT2D eigenvalue weighted by molar-refractivity contribution is -0.130. The Kier molecular flexibility index (Phi) is 12.7. The number of nitrogens with zero attached hydrogens (tertiary/aromatic N) is 4. The minimum absolute atomic E-state index is 0.00208. The molecule has 0 aromatic heterocycles. The fourth-order valence-corrected chi connectivity index (χ4v) is 7.14. The van der Waals surface area contributed by atoms with Crippen LogP contribution in [-0.2, 0) is 32.5 Å². The second-order valence-electron chi connectivity index (χ2n) is 11.7. The van der Waals surface area contributed by atoms with Gasteiger partial charge in [0.25, 0.3) is 5.91 Å². The number of hydrazine groups is 1. The monoisotopic (exact) mass is 728 g/mol. The molecule has 272 valence electrons. The Hall–Kier alpha value is -5.60. The zero-order chi connectivity index (χ0) is 37.0. The average molecular weight is 729 g/mol. The smallest absolute Gasteiger partial charge is 0.266 e. The molecule has 52 heavy (non-hydrogen) atoms. The molecule has 0 spiro atoms. The first-order chi connectivity index (χ1) is 25.2. The van der Waals surface area contributed by atoms with Crippen molar-refractivity contribution >= 4 is 21.6 Å². The van der Waals surface area contributed by atoms with E-state index < -0.39 is 33.1 Å². The van der Waals surface area contributed by atoms with Gasteiger partial charge in [-0.15, -0.1) is 0 Å². The number of aliphatic imine (C=N–C) groups is 1. The lowest BCUT2D eigenvalue weighted by Gasteiger charge is -2.31. The van der Waals surface area contributed by atoms with Crippen LogP contribution in [0.5, 0.6) is 17.2 Å². The number of nitrogens with one attached hydrogen (secondary N) is 2. The zero-order valence-corrected chi connectivity index (χ0v) is 29.6. The van der Waals surface area contributed by atoms with Gasteiger partial charge in [0.15, 0.2) is 21.5 Å². The summed E-state index contributed by atoms with van der Waals surface area (Å²) in [6.07, 6.45) is -0.927. The van der Waals surface area contributed by atoms with Crippen LogP contribution in [-0.4, -0.2) is 64.1 Å². The van der Waals surface area contributed by atoms with Gasteiger partial charge in [0.1, 0.15) is 17.2 Å². The standard InChI is InChI=1S/C37H40N6O8S/c1-48-30-18-15-28(33(23-30)49-2)25-39-42-36(45)37(19-22-52(46,47)31-10-4-3-5-11-31)34(32-12-7-6-9-27(32)24-40-43-38)51-35(41-37)26-13-16-29(17-14-26)50-21-8-20-44/h3-7,9-18,23,34,39,44H,8,19-22,24-25H2,1-2H3,(H,42,45)/t34-,37-/m0/s1. The SMILES string of the molecule is COc1ccc(CNNC(=O)[C@@]2(CCS(=O)(=O)c3ccccc3)N=C(c3ccc(OCCCO)cc3)O[C@H]2c2ccccc2CN=[N+]=[N-])c(OC)c1. The summed E-state index contributed by atoms with van der Waals surface area (Å²) in [5.74, 6) is 0.704. The predicted octanol–water partition coefficient (Wildman–Crippen LogP) is 5.22. The molecular formula is C37H40N6O8S. The van der Waals surface area contributed by atoms with Crippen molar-refractivity contribution in [3.05, 3.63) is 130 Å². The second-order valence-corrected chi connectivity index (χ2v) is 13.9. The average Bonchev–Trinajstić information content (AvgIpc) is 3.58. The number of azide groups is 1. The molecule has 3 N–H and O–H groups in total. The third kappa shape index (κ3) is 8.82. The maximum absolute atomic E-state index is 14.6. The van der Waals surface area contributed by atoms with Gasteiger partial charge in [-0.3, -0.25) is 10.2 Å². The molecule has 1 heterocycles. The first-order valence-electron chi connectivity index (χ1n) is 16.5. The Morgan fingerprint density at radius 1 is 0.981 bits per heavy atom. The number of methoxy groups -OCH3 is 2. The molecule has 0 saturated carbocycles. The van der Waals surface area contributed by atoms with E-state index in [1.54, 1.807) is 92.0 Å². The molecule has 1 amide bonds. The number of ether oxygens (including phenoxy) is 4. The molecule has 0 fully saturated rings. The number of aliphatic hydroxyl groups excluding tert-OH is 1. The van der Waals surface area contributed by atoms with Crippen LogP contribution >= 0.6 is 0 Å². The molecule has 2 atom stereocenters. The molecule has 0 unspecified atom stereocenters. The van der Waals surface area contributed by atoms with Crippen molar-refractivity contribution in [3.8, 4) is 17.2 Å². The number of carbonyl (C=O) groups is 1. The van der Waals surface area contributed by atoms with Crippen molar-refractivity contribution in [2.75, 3.05) is 33.2 Å². The number of rotatable bonds is 18. The summed E-state index contributed by atoms with van der Waals surface area (Å²) in [4.78, 5) is 22.5. The fourth-order valence-electron chi connectivity index (χ4n) is 5.75. The molecule has 4 aromatic carbocycles. The number of hydrogen-bond donors (Lipinski definition) is 3.